The molecular formula is C35H48O4S. The monoisotopic (exact) mass is 564 g/mol. The zero-order valence-electron chi connectivity index (χ0n) is 24.6. The Labute approximate surface area is 245 Å². The summed E-state index contributed by atoms with van der Waals surface area (Å²) in [7, 11) is 0. The van der Waals surface area contributed by atoms with E-state index in [0.717, 1.165) is 49.5 Å². The summed E-state index contributed by atoms with van der Waals surface area (Å²) in [6.07, 6.45) is 18.9. The van der Waals surface area contributed by atoms with Gasteiger partial charge in [0, 0.05) is 11.5 Å². The van der Waals surface area contributed by atoms with Gasteiger partial charge in [0.25, 0.3) is 0 Å². The Morgan fingerprint density at radius 2 is 1.90 bits per heavy atom. The molecule has 6 rings (SSSR count). The van der Waals surface area contributed by atoms with Crippen LogP contribution in [0.2, 0.25) is 0 Å². The molecule has 1 aromatic carbocycles. The van der Waals surface area contributed by atoms with Gasteiger partial charge in [-0.25, -0.2) is 0 Å². The summed E-state index contributed by atoms with van der Waals surface area (Å²) in [6, 6.07) is 9.75. The average Bonchev–Trinajstić information content (AvgIpc) is 3.32. The molecule has 4 aliphatic carbocycles. The Balaban J connectivity index is 1.13. The third kappa shape index (κ3) is 5.41. The molecule has 0 aromatic heterocycles. The summed E-state index contributed by atoms with van der Waals surface area (Å²) in [6.45, 7) is 7.78. The summed E-state index contributed by atoms with van der Waals surface area (Å²) in [5, 5.41) is 11.7. The predicted molar refractivity (Wildman–Crippen MR) is 161 cm³/mol. The highest BCUT2D eigenvalue weighted by Gasteiger charge is 2.61. The summed E-state index contributed by atoms with van der Waals surface area (Å²) >= 11 is 1.22. The second-order valence-corrected chi connectivity index (χ2v) is 15.1. The highest BCUT2D eigenvalue weighted by molar-refractivity contribution is 8.14. The van der Waals surface area contributed by atoms with Crippen LogP contribution in [0.5, 0.6) is 0 Å². The number of rotatable bonds is 6. The maximum atomic E-state index is 12.7. The first-order valence-corrected chi connectivity index (χ1v) is 16.7. The van der Waals surface area contributed by atoms with Crippen molar-refractivity contribution in [3.8, 4) is 0 Å². The largest absolute Gasteiger partial charge is 0.386 e. The number of hydrogen-bond acceptors (Lipinski definition) is 5. The number of thioether (sulfide) groups is 1. The lowest BCUT2D eigenvalue weighted by Crippen LogP contribution is -2.52. The number of ether oxygens (including phenoxy) is 2. The number of carbonyl (C=O) groups excluding carboxylic acids is 1. The number of allylic oxidation sites excluding steroid dienone is 1. The van der Waals surface area contributed by atoms with Gasteiger partial charge in [-0.05, 0) is 148 Å². The molecule has 3 saturated carbocycles. The minimum Gasteiger partial charge on any atom is -0.386 e. The number of carbonyl (C=O) groups is 1. The third-order valence-corrected chi connectivity index (χ3v) is 12.6. The van der Waals surface area contributed by atoms with E-state index in [1.165, 1.54) is 50.3 Å². The minimum absolute atomic E-state index is 0.0000708. The normalized spacial score (nSPS) is 41.0. The first-order chi connectivity index (χ1) is 19.2. The Hall–Kier alpha value is -1.40. The van der Waals surface area contributed by atoms with Gasteiger partial charge in [0.15, 0.2) is 6.29 Å². The second kappa shape index (κ2) is 11.4. The van der Waals surface area contributed by atoms with Gasteiger partial charge in [-0.2, -0.15) is 0 Å². The highest BCUT2D eigenvalue weighted by atomic mass is 32.2. The van der Waals surface area contributed by atoms with Gasteiger partial charge in [0.2, 0.25) is 5.12 Å². The summed E-state index contributed by atoms with van der Waals surface area (Å²) in [4.78, 5) is 13.6. The van der Waals surface area contributed by atoms with Crippen molar-refractivity contribution < 1.29 is 19.4 Å². The average molecular weight is 565 g/mol. The minimum atomic E-state index is -0.987. The summed E-state index contributed by atoms with van der Waals surface area (Å²) in [5.41, 5.74) is 1.03. The van der Waals surface area contributed by atoms with Crippen molar-refractivity contribution in [3.05, 3.63) is 54.1 Å². The van der Waals surface area contributed by atoms with Crippen molar-refractivity contribution in [2.75, 3.05) is 6.61 Å². The zero-order chi connectivity index (χ0) is 28.0. The first kappa shape index (κ1) is 28.7. The number of hydrogen-bond donors (Lipinski definition) is 1. The van der Waals surface area contributed by atoms with E-state index in [1.807, 2.05) is 37.3 Å². The SMILES string of the molecule is C[C@]12CC[C@H]3[C@@H](CC=C4C[C@@H](OC5CCCCO5)CC[C@@]43C)[C@@H]1CC[C@@H]2[C@@](C)(O)/C=C/C(=O)Sc1ccccc1. The molecule has 1 heterocycles. The lowest BCUT2D eigenvalue weighted by Gasteiger charge is -2.59. The fourth-order valence-electron chi connectivity index (χ4n) is 9.73. The molecule has 9 atom stereocenters. The van der Waals surface area contributed by atoms with Crippen LogP contribution in [0.25, 0.3) is 0 Å². The highest BCUT2D eigenvalue weighted by Crippen LogP contribution is 2.67. The van der Waals surface area contributed by atoms with Crippen LogP contribution in [0.4, 0.5) is 0 Å². The van der Waals surface area contributed by atoms with Gasteiger partial charge in [-0.15, -0.1) is 0 Å². The van der Waals surface area contributed by atoms with Crippen molar-refractivity contribution in [2.45, 2.75) is 114 Å². The first-order valence-electron chi connectivity index (χ1n) is 15.8. The van der Waals surface area contributed by atoms with Gasteiger partial charge in [-0.3, -0.25) is 4.79 Å². The van der Waals surface area contributed by atoms with E-state index in [2.05, 4.69) is 19.9 Å². The quantitative estimate of drug-likeness (QED) is 0.215. The molecule has 1 aliphatic heterocycles. The van der Waals surface area contributed by atoms with Gasteiger partial charge >= 0.3 is 0 Å². The third-order valence-electron chi connectivity index (χ3n) is 11.8. The van der Waals surface area contributed by atoms with Crippen LogP contribution in [0.15, 0.2) is 59.0 Å². The molecule has 1 saturated heterocycles. The summed E-state index contributed by atoms with van der Waals surface area (Å²) < 4.78 is 12.3. The number of fused-ring (bicyclic) bond motifs is 5. The van der Waals surface area contributed by atoms with Crippen LogP contribution in [-0.2, 0) is 14.3 Å². The van der Waals surface area contributed by atoms with Crippen LogP contribution in [0.3, 0.4) is 0 Å². The topological polar surface area (TPSA) is 55.8 Å². The van der Waals surface area contributed by atoms with E-state index in [-0.39, 0.29) is 28.2 Å². The Morgan fingerprint density at radius 3 is 2.67 bits per heavy atom. The Bertz CT molecular complexity index is 1120. The Kier molecular flexibility index (Phi) is 8.15. The molecule has 1 N–H and O–H groups in total. The molecule has 5 heteroatoms. The molecule has 4 nitrogen and oxygen atoms in total. The van der Waals surface area contributed by atoms with Crippen molar-refractivity contribution in [1.29, 1.82) is 0 Å². The van der Waals surface area contributed by atoms with E-state index < -0.39 is 5.60 Å². The fraction of sp³-hybridized carbons (Fsp3) is 0.686. The van der Waals surface area contributed by atoms with E-state index in [4.69, 9.17) is 9.47 Å². The predicted octanol–water partition coefficient (Wildman–Crippen LogP) is 8.10. The van der Waals surface area contributed by atoms with E-state index in [9.17, 15) is 9.90 Å². The fourth-order valence-corrected chi connectivity index (χ4v) is 10.4. The molecular weight excluding hydrogens is 516 g/mol. The van der Waals surface area contributed by atoms with Crippen LogP contribution in [0.1, 0.15) is 91.4 Å². The summed E-state index contributed by atoms with van der Waals surface area (Å²) in [5.74, 6) is 2.21. The molecule has 1 unspecified atom stereocenters. The molecule has 5 aliphatic rings. The van der Waals surface area contributed by atoms with E-state index in [1.54, 1.807) is 17.7 Å². The molecule has 0 spiro atoms. The maximum absolute atomic E-state index is 12.7. The molecule has 4 fully saturated rings. The van der Waals surface area contributed by atoms with Gasteiger partial charge in [0.05, 0.1) is 11.7 Å². The smallest absolute Gasteiger partial charge is 0.216 e. The van der Waals surface area contributed by atoms with Crippen LogP contribution < -0.4 is 0 Å². The van der Waals surface area contributed by atoms with Crippen LogP contribution >= 0.6 is 11.8 Å². The van der Waals surface area contributed by atoms with Crippen molar-refractivity contribution >= 4 is 16.9 Å². The van der Waals surface area contributed by atoms with Crippen LogP contribution in [-0.4, -0.2) is 34.8 Å². The Morgan fingerprint density at radius 1 is 1.07 bits per heavy atom. The lowest BCUT2D eigenvalue weighted by atomic mass is 9.46. The van der Waals surface area contributed by atoms with E-state index >= 15 is 0 Å². The maximum Gasteiger partial charge on any atom is 0.216 e. The van der Waals surface area contributed by atoms with Crippen molar-refractivity contribution in [1.82, 2.24) is 0 Å². The van der Waals surface area contributed by atoms with Crippen molar-refractivity contribution in [3.63, 3.8) is 0 Å². The molecule has 0 radical (unpaired) electrons. The number of benzene rings is 1. The zero-order valence-corrected chi connectivity index (χ0v) is 25.5. The molecule has 0 bridgehead atoms. The second-order valence-electron chi connectivity index (χ2n) is 14.0. The number of aliphatic hydroxyl groups is 1. The van der Waals surface area contributed by atoms with Gasteiger partial charge in [-0.1, -0.05) is 43.7 Å². The van der Waals surface area contributed by atoms with E-state index in [0.29, 0.717) is 17.9 Å². The van der Waals surface area contributed by atoms with Gasteiger partial charge in [0.1, 0.15) is 0 Å². The lowest BCUT2D eigenvalue weighted by molar-refractivity contribution is -0.195. The molecule has 40 heavy (non-hydrogen) atoms. The molecule has 218 valence electrons. The van der Waals surface area contributed by atoms with Crippen LogP contribution in [0, 0.1) is 34.5 Å². The van der Waals surface area contributed by atoms with Crippen molar-refractivity contribution in [2.24, 2.45) is 34.5 Å². The molecule has 1 aromatic rings. The van der Waals surface area contributed by atoms with Gasteiger partial charge < -0.3 is 14.6 Å². The molecule has 0 amide bonds. The standard InChI is InChI=1S/C35H48O4S/c1-33-19-16-25(39-32-11-7-8-22-38-32)23-24(33)12-13-27-28-14-15-30(34(28,2)20-17-29(27)33)35(3,37)21-18-31(36)40-26-9-5-4-6-10-26/h4-6,9-10,12,18,21,25,27-30,32,37H,7-8,11,13-17,19-20,22-23H2,1-3H3/b21-18+/t25-,27-,28-,29-,30-,32?,33-,34-,35-/m0/s1.